The first-order valence-electron chi connectivity index (χ1n) is 8.26. The molecule has 23 heavy (non-hydrogen) atoms. The largest absolute Gasteiger partial charge is 0.493 e. The van der Waals surface area contributed by atoms with Gasteiger partial charge in [0, 0.05) is 24.6 Å². The maximum Gasteiger partial charge on any atom is 0.124 e. The molecule has 4 heteroatoms. The fraction of sp³-hybridized carbons (Fsp3) is 0.316. The van der Waals surface area contributed by atoms with E-state index < -0.39 is 0 Å². The molecule has 0 aliphatic carbocycles. The molecular weight excluding hydrogens is 286 g/mol. The molecule has 1 unspecified atom stereocenters. The van der Waals surface area contributed by atoms with E-state index in [1.807, 2.05) is 18.2 Å². The maximum absolute atomic E-state index is 5.74. The molecule has 118 valence electrons. The van der Waals surface area contributed by atoms with E-state index in [4.69, 9.17) is 9.72 Å². The van der Waals surface area contributed by atoms with E-state index in [-0.39, 0.29) is 0 Å². The molecule has 1 aliphatic rings. The van der Waals surface area contributed by atoms with Crippen molar-refractivity contribution < 1.29 is 4.74 Å². The van der Waals surface area contributed by atoms with E-state index in [2.05, 4.69) is 47.1 Å². The zero-order valence-corrected chi connectivity index (χ0v) is 13.3. The number of benzene rings is 2. The first kappa shape index (κ1) is 14.3. The van der Waals surface area contributed by atoms with Gasteiger partial charge >= 0.3 is 0 Å². The van der Waals surface area contributed by atoms with Gasteiger partial charge in [0.25, 0.3) is 0 Å². The molecule has 0 saturated carbocycles. The van der Waals surface area contributed by atoms with Crippen LogP contribution in [0.1, 0.15) is 30.8 Å². The van der Waals surface area contributed by atoms with Crippen LogP contribution in [0.4, 0.5) is 0 Å². The van der Waals surface area contributed by atoms with Gasteiger partial charge in [-0.15, -0.1) is 0 Å². The van der Waals surface area contributed by atoms with Crippen LogP contribution in [0.25, 0.3) is 11.0 Å². The minimum absolute atomic E-state index is 0.324. The topological polar surface area (TPSA) is 39.1 Å². The zero-order chi connectivity index (χ0) is 15.6. The number of nitrogens with zero attached hydrogens (tertiary/aromatic N) is 2. The molecule has 0 amide bonds. The summed E-state index contributed by atoms with van der Waals surface area (Å²) >= 11 is 0. The van der Waals surface area contributed by atoms with Gasteiger partial charge in [0.1, 0.15) is 11.6 Å². The van der Waals surface area contributed by atoms with Gasteiger partial charge in [0.05, 0.1) is 24.2 Å². The van der Waals surface area contributed by atoms with Gasteiger partial charge in [-0.1, -0.05) is 30.3 Å². The number of ether oxygens (including phenoxy) is 1. The van der Waals surface area contributed by atoms with Crippen molar-refractivity contribution in [2.75, 3.05) is 6.61 Å². The molecule has 3 aromatic rings. The Hall–Kier alpha value is -2.33. The number of rotatable bonds is 4. The molecule has 0 radical (unpaired) electrons. The van der Waals surface area contributed by atoms with E-state index in [1.54, 1.807) is 0 Å². The quantitative estimate of drug-likeness (QED) is 0.799. The first-order chi connectivity index (χ1) is 11.4. The molecule has 4 nitrogen and oxygen atoms in total. The average Bonchev–Trinajstić information content (AvgIpc) is 2.97. The SMILES string of the molecule is CCn1c(CNC2CCOc3ccccc32)nc2ccccc21. The minimum Gasteiger partial charge on any atom is -0.493 e. The molecule has 4 rings (SSSR count). The molecule has 0 bridgehead atoms. The second kappa shape index (κ2) is 6.05. The van der Waals surface area contributed by atoms with Gasteiger partial charge < -0.3 is 14.6 Å². The Morgan fingerprint density at radius 3 is 2.91 bits per heavy atom. The highest BCUT2D eigenvalue weighted by Crippen LogP contribution is 2.31. The van der Waals surface area contributed by atoms with E-state index in [0.717, 1.165) is 43.2 Å². The van der Waals surface area contributed by atoms with Crippen LogP contribution in [-0.2, 0) is 13.1 Å². The molecule has 1 aromatic heterocycles. The van der Waals surface area contributed by atoms with Crippen molar-refractivity contribution in [3.05, 3.63) is 59.9 Å². The van der Waals surface area contributed by atoms with Gasteiger partial charge in [0.2, 0.25) is 0 Å². The van der Waals surface area contributed by atoms with Gasteiger partial charge in [-0.2, -0.15) is 0 Å². The maximum atomic E-state index is 5.74. The summed E-state index contributed by atoms with van der Waals surface area (Å²) in [6.45, 7) is 4.63. The van der Waals surface area contributed by atoms with Gasteiger partial charge in [0.15, 0.2) is 0 Å². The van der Waals surface area contributed by atoms with Crippen molar-refractivity contribution in [3.63, 3.8) is 0 Å². The summed E-state index contributed by atoms with van der Waals surface area (Å²) in [6.07, 6.45) is 0.989. The lowest BCUT2D eigenvalue weighted by Crippen LogP contribution is -2.27. The monoisotopic (exact) mass is 307 g/mol. The summed E-state index contributed by atoms with van der Waals surface area (Å²) in [5.74, 6) is 2.10. The Kier molecular flexibility index (Phi) is 3.75. The third-order valence-corrected chi connectivity index (χ3v) is 4.51. The number of hydrogen-bond donors (Lipinski definition) is 1. The predicted octanol–water partition coefficient (Wildman–Crippen LogP) is 3.67. The second-order valence-corrected chi connectivity index (χ2v) is 5.87. The molecule has 1 atom stereocenters. The van der Waals surface area contributed by atoms with Crippen molar-refractivity contribution in [2.24, 2.45) is 0 Å². The summed E-state index contributed by atoms with van der Waals surface area (Å²) in [6, 6.07) is 16.9. The molecule has 0 fully saturated rings. The number of imidazole rings is 1. The fourth-order valence-corrected chi connectivity index (χ4v) is 3.38. The van der Waals surface area contributed by atoms with Crippen molar-refractivity contribution in [2.45, 2.75) is 32.5 Å². The molecule has 1 N–H and O–H groups in total. The smallest absolute Gasteiger partial charge is 0.124 e. The fourth-order valence-electron chi connectivity index (χ4n) is 3.38. The summed E-state index contributed by atoms with van der Waals surface area (Å²) in [4.78, 5) is 4.79. The van der Waals surface area contributed by atoms with E-state index in [9.17, 15) is 0 Å². The number of nitrogens with one attached hydrogen (secondary N) is 1. The molecule has 2 aromatic carbocycles. The summed E-state index contributed by atoms with van der Waals surface area (Å²) < 4.78 is 8.02. The highest BCUT2D eigenvalue weighted by molar-refractivity contribution is 5.75. The molecule has 0 spiro atoms. The molecular formula is C19H21N3O. The summed E-state index contributed by atoms with van der Waals surface area (Å²) in [5.41, 5.74) is 3.52. The third-order valence-electron chi connectivity index (χ3n) is 4.51. The number of aryl methyl sites for hydroxylation is 1. The normalized spacial score (nSPS) is 17.0. The van der Waals surface area contributed by atoms with Crippen LogP contribution in [0.3, 0.4) is 0 Å². The predicted molar refractivity (Wildman–Crippen MR) is 91.5 cm³/mol. The van der Waals surface area contributed by atoms with Crippen molar-refractivity contribution >= 4 is 11.0 Å². The number of para-hydroxylation sites is 3. The Morgan fingerprint density at radius 1 is 1.17 bits per heavy atom. The Balaban J connectivity index is 1.58. The van der Waals surface area contributed by atoms with Crippen molar-refractivity contribution in [1.29, 1.82) is 0 Å². The second-order valence-electron chi connectivity index (χ2n) is 5.87. The average molecular weight is 307 g/mol. The Bertz CT molecular complexity index is 824. The van der Waals surface area contributed by atoms with Gasteiger partial charge in [-0.05, 0) is 25.1 Å². The number of fused-ring (bicyclic) bond motifs is 2. The van der Waals surface area contributed by atoms with Crippen LogP contribution in [-0.4, -0.2) is 16.2 Å². The van der Waals surface area contributed by atoms with Crippen LogP contribution >= 0.6 is 0 Å². The number of hydrogen-bond acceptors (Lipinski definition) is 3. The van der Waals surface area contributed by atoms with Crippen molar-refractivity contribution in [1.82, 2.24) is 14.9 Å². The molecule has 1 aliphatic heterocycles. The molecule has 2 heterocycles. The van der Waals surface area contributed by atoms with E-state index in [1.165, 1.54) is 11.1 Å². The summed E-state index contributed by atoms with van der Waals surface area (Å²) in [5, 5.41) is 3.67. The van der Waals surface area contributed by atoms with Crippen LogP contribution in [0.5, 0.6) is 5.75 Å². The van der Waals surface area contributed by atoms with Gasteiger partial charge in [-0.3, -0.25) is 0 Å². The Labute approximate surface area is 136 Å². The summed E-state index contributed by atoms with van der Waals surface area (Å²) in [7, 11) is 0. The van der Waals surface area contributed by atoms with Crippen LogP contribution in [0.2, 0.25) is 0 Å². The minimum atomic E-state index is 0.324. The lowest BCUT2D eigenvalue weighted by molar-refractivity contribution is 0.251. The van der Waals surface area contributed by atoms with Crippen molar-refractivity contribution in [3.8, 4) is 5.75 Å². The zero-order valence-electron chi connectivity index (χ0n) is 13.3. The number of aromatic nitrogens is 2. The third kappa shape index (κ3) is 2.59. The lowest BCUT2D eigenvalue weighted by Gasteiger charge is -2.26. The Morgan fingerprint density at radius 2 is 2.00 bits per heavy atom. The standard InChI is InChI=1S/C19H21N3O/c1-2-22-17-9-5-4-8-16(17)21-19(22)13-20-15-11-12-23-18-10-6-3-7-14(15)18/h3-10,15,20H,2,11-13H2,1H3. The van der Waals surface area contributed by atoms with Gasteiger partial charge in [-0.25, -0.2) is 4.98 Å². The van der Waals surface area contributed by atoms with Crippen LogP contribution < -0.4 is 10.1 Å². The van der Waals surface area contributed by atoms with E-state index >= 15 is 0 Å². The van der Waals surface area contributed by atoms with E-state index in [0.29, 0.717) is 6.04 Å². The first-order valence-corrected chi connectivity index (χ1v) is 8.26. The molecule has 0 saturated heterocycles. The highest BCUT2D eigenvalue weighted by Gasteiger charge is 2.21. The van der Waals surface area contributed by atoms with Crippen LogP contribution in [0, 0.1) is 0 Å². The highest BCUT2D eigenvalue weighted by atomic mass is 16.5. The van der Waals surface area contributed by atoms with Crippen LogP contribution in [0.15, 0.2) is 48.5 Å². The lowest BCUT2D eigenvalue weighted by atomic mass is 10.0.